The number of aryl methyl sites for hydroxylation is 1. The third-order valence-corrected chi connectivity index (χ3v) is 6.30. The van der Waals surface area contributed by atoms with Crippen LogP contribution in [0.15, 0.2) is 87.6 Å². The number of thiazole rings is 1. The van der Waals surface area contributed by atoms with Crippen molar-refractivity contribution >= 4 is 39.6 Å². The maximum absolute atomic E-state index is 6.35. The monoisotopic (exact) mass is 472 g/mol. The fourth-order valence-electron chi connectivity index (χ4n) is 3.52. The van der Waals surface area contributed by atoms with Gasteiger partial charge in [0.25, 0.3) is 0 Å². The Labute approximate surface area is 200 Å². The molecule has 0 spiro atoms. The van der Waals surface area contributed by atoms with E-state index in [-0.39, 0.29) is 0 Å². The second-order valence-electron chi connectivity index (χ2n) is 7.56. The van der Waals surface area contributed by atoms with Crippen molar-refractivity contribution in [3.05, 3.63) is 94.3 Å². The number of ether oxygens (including phenoxy) is 1. The molecule has 0 aliphatic heterocycles. The van der Waals surface area contributed by atoms with Crippen LogP contribution in [0.2, 0.25) is 5.02 Å². The van der Waals surface area contributed by atoms with Crippen LogP contribution in [0.4, 0.5) is 5.69 Å². The topological polar surface area (TPSA) is 47.6 Å². The molecule has 3 aromatic carbocycles. The lowest BCUT2D eigenvalue weighted by atomic mass is 10.1. The number of nitrogens with zero attached hydrogens (tertiary/aromatic N) is 2. The van der Waals surface area contributed by atoms with E-state index in [9.17, 15) is 0 Å². The highest BCUT2D eigenvalue weighted by atomic mass is 35.5. The lowest BCUT2D eigenvalue weighted by molar-refractivity contribution is 0.337. The van der Waals surface area contributed by atoms with Crippen LogP contribution in [0.5, 0.6) is 5.75 Å². The number of halogens is 1. The largest absolute Gasteiger partial charge is 0.490 e. The molecule has 5 rings (SSSR count). The van der Waals surface area contributed by atoms with Crippen LogP contribution in [0.25, 0.3) is 32.8 Å². The highest BCUT2D eigenvalue weighted by Gasteiger charge is 2.14. The molecule has 0 saturated heterocycles. The molecule has 0 fully saturated rings. The third-order valence-electron chi connectivity index (χ3n) is 5.18. The van der Waals surface area contributed by atoms with Crippen LogP contribution in [0.1, 0.15) is 12.5 Å². The van der Waals surface area contributed by atoms with E-state index in [4.69, 9.17) is 30.7 Å². The van der Waals surface area contributed by atoms with E-state index >= 15 is 0 Å². The van der Waals surface area contributed by atoms with Crippen LogP contribution >= 0.6 is 22.9 Å². The molecule has 4 nitrogen and oxygen atoms in total. The molecule has 0 amide bonds. The normalized spacial score (nSPS) is 11.8. The SMILES string of the molecule is CCOc1cccc2cc(-c3nc(-c4ccc(Cl)cc4)cs3)c(=Nc3ccc(C)cc3)oc12. The highest BCUT2D eigenvalue weighted by Crippen LogP contribution is 2.32. The van der Waals surface area contributed by atoms with Gasteiger partial charge >= 0.3 is 0 Å². The first-order valence-corrected chi connectivity index (χ1v) is 11.9. The lowest BCUT2D eigenvalue weighted by Crippen LogP contribution is -2.06. The molecule has 0 unspecified atom stereocenters. The number of benzene rings is 3. The Kier molecular flexibility index (Phi) is 5.99. The molecule has 33 heavy (non-hydrogen) atoms. The number of fused-ring (bicyclic) bond motifs is 1. The summed E-state index contributed by atoms with van der Waals surface area (Å²) in [5.41, 5.74) is 5.89. The number of hydrogen-bond acceptors (Lipinski definition) is 5. The highest BCUT2D eigenvalue weighted by molar-refractivity contribution is 7.13. The summed E-state index contributed by atoms with van der Waals surface area (Å²) in [5, 5.41) is 4.50. The number of para-hydroxylation sites is 1. The minimum atomic E-state index is 0.496. The maximum Gasteiger partial charge on any atom is 0.230 e. The van der Waals surface area contributed by atoms with Crippen LogP contribution < -0.4 is 10.3 Å². The molecule has 5 aromatic rings. The Morgan fingerprint density at radius 1 is 1.03 bits per heavy atom. The van der Waals surface area contributed by atoms with E-state index in [1.54, 1.807) is 11.3 Å². The van der Waals surface area contributed by atoms with Gasteiger partial charge in [-0.3, -0.25) is 0 Å². The smallest absolute Gasteiger partial charge is 0.230 e. The van der Waals surface area contributed by atoms with Crippen LogP contribution in [0, 0.1) is 6.92 Å². The Morgan fingerprint density at radius 2 is 1.82 bits per heavy atom. The molecule has 0 radical (unpaired) electrons. The molecule has 0 aliphatic carbocycles. The Morgan fingerprint density at radius 3 is 2.58 bits per heavy atom. The van der Waals surface area contributed by atoms with Gasteiger partial charge in [-0.05, 0) is 50.2 Å². The molecule has 0 aliphatic rings. The minimum absolute atomic E-state index is 0.496. The quantitative estimate of drug-likeness (QED) is 0.262. The number of rotatable bonds is 5. The standard InChI is InChI=1S/C27H21ClN2O2S/c1-3-31-24-6-4-5-19-15-22(26(32-25(19)24)29-21-13-7-17(2)8-14-21)27-30-23(16-33-27)18-9-11-20(28)12-10-18/h4-16H,3H2,1-2H3. The van der Waals surface area contributed by atoms with Gasteiger partial charge in [0.1, 0.15) is 5.01 Å². The molecule has 164 valence electrons. The van der Waals surface area contributed by atoms with Crippen molar-refractivity contribution in [3.8, 4) is 27.6 Å². The van der Waals surface area contributed by atoms with Gasteiger partial charge in [0.05, 0.1) is 23.6 Å². The van der Waals surface area contributed by atoms with Crippen molar-refractivity contribution < 1.29 is 9.15 Å². The Hall–Kier alpha value is -3.41. The molecular weight excluding hydrogens is 452 g/mol. The molecule has 2 heterocycles. The van der Waals surface area contributed by atoms with Gasteiger partial charge in [-0.15, -0.1) is 11.3 Å². The average molecular weight is 473 g/mol. The average Bonchev–Trinajstić information content (AvgIpc) is 3.31. The second kappa shape index (κ2) is 9.22. The third kappa shape index (κ3) is 4.56. The molecule has 0 bridgehead atoms. The number of aromatic nitrogens is 1. The van der Waals surface area contributed by atoms with E-state index in [0.717, 1.165) is 32.9 Å². The van der Waals surface area contributed by atoms with Crippen LogP contribution in [-0.4, -0.2) is 11.6 Å². The van der Waals surface area contributed by atoms with E-state index in [1.807, 2.05) is 79.0 Å². The molecule has 0 atom stereocenters. The summed E-state index contributed by atoms with van der Waals surface area (Å²) < 4.78 is 12.2. The number of hydrogen-bond donors (Lipinski definition) is 0. The van der Waals surface area contributed by atoms with Crippen LogP contribution in [-0.2, 0) is 0 Å². The fraction of sp³-hybridized carbons (Fsp3) is 0.111. The van der Waals surface area contributed by atoms with E-state index in [0.29, 0.717) is 28.5 Å². The molecule has 0 saturated carbocycles. The van der Waals surface area contributed by atoms with Crippen molar-refractivity contribution in [1.82, 2.24) is 4.98 Å². The van der Waals surface area contributed by atoms with Gasteiger partial charge in [0.2, 0.25) is 5.55 Å². The molecular formula is C27H21ClN2O2S. The first kappa shape index (κ1) is 21.4. The molecule has 2 aromatic heterocycles. The fourth-order valence-corrected chi connectivity index (χ4v) is 4.48. The van der Waals surface area contributed by atoms with Crippen molar-refractivity contribution in [3.63, 3.8) is 0 Å². The zero-order valence-electron chi connectivity index (χ0n) is 18.2. The van der Waals surface area contributed by atoms with Gasteiger partial charge in [0, 0.05) is 21.4 Å². The summed E-state index contributed by atoms with van der Waals surface area (Å²) in [5.74, 6) is 0.697. The summed E-state index contributed by atoms with van der Waals surface area (Å²) in [7, 11) is 0. The van der Waals surface area contributed by atoms with Gasteiger partial charge < -0.3 is 9.15 Å². The summed E-state index contributed by atoms with van der Waals surface area (Å²) in [6.07, 6.45) is 0. The van der Waals surface area contributed by atoms with Crippen LogP contribution in [0.3, 0.4) is 0 Å². The molecule has 0 N–H and O–H groups in total. The van der Waals surface area contributed by atoms with E-state index < -0.39 is 0 Å². The summed E-state index contributed by atoms with van der Waals surface area (Å²) in [6.45, 7) is 4.56. The van der Waals surface area contributed by atoms with Crippen molar-refractivity contribution in [2.45, 2.75) is 13.8 Å². The van der Waals surface area contributed by atoms with Crippen molar-refractivity contribution in [1.29, 1.82) is 0 Å². The summed E-state index contributed by atoms with van der Waals surface area (Å²) in [6, 6.07) is 23.7. The summed E-state index contributed by atoms with van der Waals surface area (Å²) in [4.78, 5) is 9.72. The first-order valence-electron chi connectivity index (χ1n) is 10.6. The summed E-state index contributed by atoms with van der Waals surface area (Å²) >= 11 is 7.60. The van der Waals surface area contributed by atoms with Gasteiger partial charge in [0.15, 0.2) is 11.3 Å². The van der Waals surface area contributed by atoms with Gasteiger partial charge in [-0.25, -0.2) is 9.98 Å². The van der Waals surface area contributed by atoms with Crippen molar-refractivity contribution in [2.24, 2.45) is 4.99 Å². The van der Waals surface area contributed by atoms with Gasteiger partial charge in [-0.1, -0.05) is 53.6 Å². The predicted molar refractivity (Wildman–Crippen MR) is 135 cm³/mol. The molecule has 6 heteroatoms. The van der Waals surface area contributed by atoms with E-state index in [2.05, 4.69) is 13.0 Å². The lowest BCUT2D eigenvalue weighted by Gasteiger charge is -2.08. The van der Waals surface area contributed by atoms with Gasteiger partial charge in [-0.2, -0.15) is 0 Å². The zero-order valence-corrected chi connectivity index (χ0v) is 19.8. The van der Waals surface area contributed by atoms with E-state index in [1.165, 1.54) is 5.56 Å². The minimum Gasteiger partial charge on any atom is -0.490 e. The Balaban J connectivity index is 1.70. The predicted octanol–water partition coefficient (Wildman–Crippen LogP) is 7.82. The second-order valence-corrected chi connectivity index (χ2v) is 8.86. The van der Waals surface area contributed by atoms with Crippen molar-refractivity contribution in [2.75, 3.05) is 6.61 Å². The Bertz CT molecular complexity index is 1490. The zero-order chi connectivity index (χ0) is 22.8. The first-order chi connectivity index (χ1) is 16.1. The maximum atomic E-state index is 6.35.